The van der Waals surface area contributed by atoms with E-state index in [1.165, 1.54) is 0 Å². The van der Waals surface area contributed by atoms with E-state index in [2.05, 4.69) is 27.8 Å². The zero-order chi connectivity index (χ0) is 13.2. The van der Waals surface area contributed by atoms with Gasteiger partial charge in [-0.3, -0.25) is 4.90 Å². The van der Waals surface area contributed by atoms with Gasteiger partial charge in [0, 0.05) is 24.2 Å². The molecule has 0 aliphatic heterocycles. The molecule has 0 amide bonds. The summed E-state index contributed by atoms with van der Waals surface area (Å²) < 4.78 is 12.1. The second-order valence-electron chi connectivity index (χ2n) is 3.94. The third-order valence-electron chi connectivity index (χ3n) is 2.68. The standard InChI is InChI=1S/C14H22BrNO2/c1-3-16(8-10-17-4-2)9-11-18-14-7-5-6-13(15)12-14/h5-7,12H,3-4,8-11H2,1-2H3. The SMILES string of the molecule is CCOCCN(CC)CCOc1cccc(Br)c1. The number of halogens is 1. The van der Waals surface area contributed by atoms with Gasteiger partial charge in [-0.15, -0.1) is 0 Å². The number of likely N-dealkylation sites (N-methyl/N-ethyl adjacent to an activating group) is 1. The highest BCUT2D eigenvalue weighted by Crippen LogP contribution is 2.17. The molecule has 0 atom stereocenters. The Bertz CT molecular complexity index is 333. The third-order valence-corrected chi connectivity index (χ3v) is 3.17. The minimum absolute atomic E-state index is 0.705. The van der Waals surface area contributed by atoms with E-state index >= 15 is 0 Å². The van der Waals surface area contributed by atoms with Crippen molar-refractivity contribution in [3.63, 3.8) is 0 Å². The van der Waals surface area contributed by atoms with Crippen molar-refractivity contribution in [2.45, 2.75) is 13.8 Å². The molecule has 0 bridgehead atoms. The first-order valence-corrected chi connectivity index (χ1v) is 7.24. The summed E-state index contributed by atoms with van der Waals surface area (Å²) in [7, 11) is 0. The molecule has 0 heterocycles. The number of hydrogen-bond acceptors (Lipinski definition) is 3. The summed E-state index contributed by atoms with van der Waals surface area (Å²) in [6, 6.07) is 7.93. The van der Waals surface area contributed by atoms with E-state index in [1.807, 2.05) is 31.2 Å². The van der Waals surface area contributed by atoms with Crippen LogP contribution in [0, 0.1) is 0 Å². The van der Waals surface area contributed by atoms with Crippen LogP contribution in [-0.2, 0) is 4.74 Å². The number of nitrogens with zero attached hydrogens (tertiary/aromatic N) is 1. The highest BCUT2D eigenvalue weighted by molar-refractivity contribution is 9.10. The zero-order valence-corrected chi connectivity index (χ0v) is 12.8. The molecule has 0 aliphatic rings. The Labute approximate surface area is 118 Å². The van der Waals surface area contributed by atoms with Crippen LogP contribution in [0.5, 0.6) is 5.75 Å². The molecule has 0 radical (unpaired) electrons. The second-order valence-corrected chi connectivity index (χ2v) is 4.85. The van der Waals surface area contributed by atoms with Gasteiger partial charge in [0.05, 0.1) is 6.61 Å². The maximum Gasteiger partial charge on any atom is 0.120 e. The average Bonchev–Trinajstić information content (AvgIpc) is 2.37. The van der Waals surface area contributed by atoms with Crippen molar-refractivity contribution in [3.8, 4) is 5.75 Å². The van der Waals surface area contributed by atoms with Crippen LogP contribution in [0.2, 0.25) is 0 Å². The van der Waals surface area contributed by atoms with Gasteiger partial charge in [-0.05, 0) is 31.7 Å². The quantitative estimate of drug-likeness (QED) is 0.653. The summed E-state index contributed by atoms with van der Waals surface area (Å²) in [5.74, 6) is 0.908. The van der Waals surface area contributed by atoms with Crippen LogP contribution in [0.1, 0.15) is 13.8 Å². The molecule has 18 heavy (non-hydrogen) atoms. The molecule has 0 aliphatic carbocycles. The van der Waals surface area contributed by atoms with E-state index in [0.717, 1.165) is 43.1 Å². The minimum Gasteiger partial charge on any atom is -0.492 e. The van der Waals surface area contributed by atoms with Crippen LogP contribution in [0.4, 0.5) is 0 Å². The van der Waals surface area contributed by atoms with Crippen molar-refractivity contribution in [2.75, 3.05) is 39.5 Å². The number of rotatable bonds is 9. The minimum atomic E-state index is 0.705. The largest absolute Gasteiger partial charge is 0.492 e. The summed E-state index contributed by atoms with van der Waals surface area (Å²) in [6.07, 6.45) is 0. The predicted molar refractivity (Wildman–Crippen MR) is 78.2 cm³/mol. The van der Waals surface area contributed by atoms with Crippen molar-refractivity contribution in [1.29, 1.82) is 0 Å². The molecule has 0 aromatic heterocycles. The Balaban J connectivity index is 2.22. The van der Waals surface area contributed by atoms with Gasteiger partial charge in [0.15, 0.2) is 0 Å². The van der Waals surface area contributed by atoms with Crippen LogP contribution in [0.15, 0.2) is 28.7 Å². The first-order chi connectivity index (χ1) is 8.76. The maximum atomic E-state index is 5.71. The Hall–Kier alpha value is -0.580. The lowest BCUT2D eigenvalue weighted by atomic mass is 10.3. The van der Waals surface area contributed by atoms with Crippen LogP contribution in [0.3, 0.4) is 0 Å². The first kappa shape index (κ1) is 15.5. The molecule has 4 heteroatoms. The van der Waals surface area contributed by atoms with Gasteiger partial charge in [-0.2, -0.15) is 0 Å². The van der Waals surface area contributed by atoms with Crippen molar-refractivity contribution in [3.05, 3.63) is 28.7 Å². The first-order valence-electron chi connectivity index (χ1n) is 6.44. The Morgan fingerprint density at radius 2 is 1.94 bits per heavy atom. The highest BCUT2D eigenvalue weighted by Gasteiger charge is 2.02. The summed E-state index contributed by atoms with van der Waals surface area (Å²) in [5, 5.41) is 0. The fraction of sp³-hybridized carbons (Fsp3) is 0.571. The van der Waals surface area contributed by atoms with Gasteiger partial charge in [-0.25, -0.2) is 0 Å². The summed E-state index contributed by atoms with van der Waals surface area (Å²) in [5.41, 5.74) is 0. The molecule has 1 aromatic carbocycles. The lowest BCUT2D eigenvalue weighted by Crippen LogP contribution is -2.31. The van der Waals surface area contributed by atoms with Gasteiger partial charge in [-0.1, -0.05) is 28.9 Å². The number of hydrogen-bond donors (Lipinski definition) is 0. The molecule has 1 rings (SSSR count). The van der Waals surface area contributed by atoms with E-state index < -0.39 is 0 Å². The monoisotopic (exact) mass is 315 g/mol. The van der Waals surface area contributed by atoms with Crippen LogP contribution >= 0.6 is 15.9 Å². The molecule has 0 fully saturated rings. The molecular weight excluding hydrogens is 294 g/mol. The lowest BCUT2D eigenvalue weighted by Gasteiger charge is -2.20. The maximum absolute atomic E-state index is 5.71. The highest BCUT2D eigenvalue weighted by atomic mass is 79.9. The van der Waals surface area contributed by atoms with E-state index in [0.29, 0.717) is 6.61 Å². The van der Waals surface area contributed by atoms with Crippen molar-refractivity contribution in [1.82, 2.24) is 4.90 Å². The van der Waals surface area contributed by atoms with Crippen LogP contribution in [0.25, 0.3) is 0 Å². The third kappa shape index (κ3) is 6.38. The van der Waals surface area contributed by atoms with E-state index in [1.54, 1.807) is 0 Å². The molecule has 0 saturated heterocycles. The number of ether oxygens (including phenoxy) is 2. The van der Waals surface area contributed by atoms with Gasteiger partial charge in [0.25, 0.3) is 0 Å². The van der Waals surface area contributed by atoms with Crippen molar-refractivity contribution < 1.29 is 9.47 Å². The summed E-state index contributed by atoms with van der Waals surface area (Å²) >= 11 is 3.43. The zero-order valence-electron chi connectivity index (χ0n) is 11.2. The van der Waals surface area contributed by atoms with Crippen LogP contribution < -0.4 is 4.74 Å². The molecule has 3 nitrogen and oxygen atoms in total. The molecule has 0 saturated carbocycles. The van der Waals surface area contributed by atoms with E-state index in [4.69, 9.17) is 9.47 Å². The van der Waals surface area contributed by atoms with Gasteiger partial charge < -0.3 is 9.47 Å². The smallest absolute Gasteiger partial charge is 0.120 e. The fourth-order valence-electron chi connectivity index (χ4n) is 1.62. The van der Waals surface area contributed by atoms with Crippen molar-refractivity contribution >= 4 is 15.9 Å². The average molecular weight is 316 g/mol. The normalized spacial score (nSPS) is 10.9. The lowest BCUT2D eigenvalue weighted by molar-refractivity contribution is 0.108. The second kappa shape index (κ2) is 9.36. The number of benzene rings is 1. The Kier molecular flexibility index (Phi) is 8.05. The predicted octanol–water partition coefficient (Wildman–Crippen LogP) is 3.19. The summed E-state index contributed by atoms with van der Waals surface area (Å²) in [4.78, 5) is 2.33. The molecule has 1 aromatic rings. The fourth-order valence-corrected chi connectivity index (χ4v) is 1.99. The molecule has 102 valence electrons. The molecular formula is C14H22BrNO2. The van der Waals surface area contributed by atoms with Gasteiger partial charge in [0.2, 0.25) is 0 Å². The molecule has 0 spiro atoms. The topological polar surface area (TPSA) is 21.7 Å². The molecule has 0 N–H and O–H groups in total. The molecule has 0 unspecified atom stereocenters. The van der Waals surface area contributed by atoms with Gasteiger partial charge >= 0.3 is 0 Å². The van der Waals surface area contributed by atoms with E-state index in [9.17, 15) is 0 Å². The van der Waals surface area contributed by atoms with Gasteiger partial charge in [0.1, 0.15) is 12.4 Å². The Morgan fingerprint density at radius 1 is 1.17 bits per heavy atom. The van der Waals surface area contributed by atoms with Crippen molar-refractivity contribution in [2.24, 2.45) is 0 Å². The Morgan fingerprint density at radius 3 is 2.61 bits per heavy atom. The van der Waals surface area contributed by atoms with Crippen LogP contribution in [-0.4, -0.2) is 44.4 Å². The summed E-state index contributed by atoms with van der Waals surface area (Å²) in [6.45, 7) is 9.37. The van der Waals surface area contributed by atoms with E-state index in [-0.39, 0.29) is 0 Å².